The van der Waals surface area contributed by atoms with Crippen LogP contribution in [0.3, 0.4) is 0 Å². The van der Waals surface area contributed by atoms with Crippen molar-refractivity contribution in [3.05, 3.63) is 64.7 Å². The minimum atomic E-state index is -0.122. The van der Waals surface area contributed by atoms with Crippen LogP contribution in [0, 0.1) is 5.92 Å². The molecule has 0 bridgehead atoms. The van der Waals surface area contributed by atoms with Gasteiger partial charge in [0.1, 0.15) is 12.4 Å². The van der Waals surface area contributed by atoms with E-state index in [1.807, 2.05) is 36.4 Å². The number of benzene rings is 2. The molecule has 1 atom stereocenters. The van der Waals surface area contributed by atoms with E-state index < -0.39 is 0 Å². The van der Waals surface area contributed by atoms with E-state index in [2.05, 4.69) is 5.32 Å². The Balaban J connectivity index is 1.54. The van der Waals surface area contributed by atoms with Gasteiger partial charge in [-0.05, 0) is 54.7 Å². The molecule has 1 aliphatic carbocycles. The highest BCUT2D eigenvalue weighted by atomic mass is 35.5. The predicted octanol–water partition coefficient (Wildman–Crippen LogP) is 3.39. The Morgan fingerprint density at radius 1 is 1.25 bits per heavy atom. The van der Waals surface area contributed by atoms with Crippen LogP contribution in [-0.2, 0) is 6.61 Å². The van der Waals surface area contributed by atoms with Crippen molar-refractivity contribution in [1.82, 2.24) is 5.32 Å². The zero-order valence-corrected chi connectivity index (χ0v) is 14.1. The second-order valence-corrected chi connectivity index (χ2v) is 6.59. The number of nitrogens with one attached hydrogen (secondary N) is 1. The predicted molar refractivity (Wildman–Crippen MR) is 95.3 cm³/mol. The molecule has 0 aliphatic heterocycles. The molecule has 2 aromatic rings. The number of halogens is 1. The maximum absolute atomic E-state index is 12.2. The number of carbonyl (C=O) groups excluding carboxylic acids is 1. The summed E-state index contributed by atoms with van der Waals surface area (Å²) in [6.07, 6.45) is 2.34. The van der Waals surface area contributed by atoms with Gasteiger partial charge in [0.15, 0.2) is 0 Å². The van der Waals surface area contributed by atoms with Gasteiger partial charge in [0, 0.05) is 23.2 Å². The van der Waals surface area contributed by atoms with Crippen molar-refractivity contribution in [1.29, 1.82) is 0 Å². The van der Waals surface area contributed by atoms with Crippen molar-refractivity contribution in [3.8, 4) is 5.75 Å². The van der Waals surface area contributed by atoms with Crippen LogP contribution < -0.4 is 15.8 Å². The van der Waals surface area contributed by atoms with E-state index in [9.17, 15) is 4.79 Å². The Bertz CT molecular complexity index is 699. The molecule has 0 radical (unpaired) electrons. The summed E-state index contributed by atoms with van der Waals surface area (Å²) in [5, 5.41) is 3.59. The molecule has 1 saturated carbocycles. The van der Waals surface area contributed by atoms with Crippen LogP contribution in [0.25, 0.3) is 0 Å². The molecule has 2 aromatic carbocycles. The van der Waals surface area contributed by atoms with Crippen molar-refractivity contribution in [2.45, 2.75) is 25.5 Å². The first-order valence-corrected chi connectivity index (χ1v) is 8.51. The Morgan fingerprint density at radius 2 is 2.00 bits per heavy atom. The van der Waals surface area contributed by atoms with Crippen molar-refractivity contribution in [2.24, 2.45) is 11.7 Å². The summed E-state index contributed by atoms with van der Waals surface area (Å²) in [5.41, 5.74) is 7.60. The van der Waals surface area contributed by atoms with Gasteiger partial charge >= 0.3 is 0 Å². The maximum Gasteiger partial charge on any atom is 0.251 e. The third-order valence-electron chi connectivity index (χ3n) is 4.14. The fraction of sp³-hybridized carbons (Fsp3) is 0.316. The number of rotatable bonds is 7. The average molecular weight is 345 g/mol. The van der Waals surface area contributed by atoms with E-state index in [-0.39, 0.29) is 11.9 Å². The molecule has 1 fully saturated rings. The number of carbonyl (C=O) groups is 1. The van der Waals surface area contributed by atoms with Crippen molar-refractivity contribution >= 4 is 17.5 Å². The highest BCUT2D eigenvalue weighted by Crippen LogP contribution is 2.31. The van der Waals surface area contributed by atoms with Crippen LogP contribution in [0.4, 0.5) is 0 Å². The fourth-order valence-electron chi connectivity index (χ4n) is 2.48. The van der Waals surface area contributed by atoms with Crippen LogP contribution in [0.5, 0.6) is 5.75 Å². The van der Waals surface area contributed by atoms with Gasteiger partial charge in [0.05, 0.1) is 0 Å². The van der Waals surface area contributed by atoms with Crippen molar-refractivity contribution in [3.63, 3.8) is 0 Å². The second kappa shape index (κ2) is 7.69. The topological polar surface area (TPSA) is 64.3 Å². The lowest BCUT2D eigenvalue weighted by atomic mass is 10.1. The zero-order chi connectivity index (χ0) is 16.9. The van der Waals surface area contributed by atoms with Gasteiger partial charge in [0.2, 0.25) is 0 Å². The summed E-state index contributed by atoms with van der Waals surface area (Å²) in [7, 11) is 0. The van der Waals surface area contributed by atoms with Gasteiger partial charge in [-0.1, -0.05) is 29.8 Å². The molecule has 0 saturated heterocycles. The lowest BCUT2D eigenvalue weighted by Crippen LogP contribution is -2.38. The highest BCUT2D eigenvalue weighted by molar-refractivity contribution is 6.30. The van der Waals surface area contributed by atoms with E-state index in [1.54, 1.807) is 12.1 Å². The number of ether oxygens (including phenoxy) is 1. The minimum Gasteiger partial charge on any atom is -0.489 e. The van der Waals surface area contributed by atoms with Crippen LogP contribution in [0.15, 0.2) is 48.5 Å². The van der Waals surface area contributed by atoms with E-state index >= 15 is 0 Å². The monoisotopic (exact) mass is 344 g/mol. The molecule has 0 aromatic heterocycles. The van der Waals surface area contributed by atoms with Crippen LogP contribution in [0.2, 0.25) is 5.02 Å². The first kappa shape index (κ1) is 16.8. The molecular weight excluding hydrogens is 324 g/mol. The molecular formula is C19H21ClN2O2. The van der Waals surface area contributed by atoms with E-state index in [0.717, 1.165) is 5.56 Å². The van der Waals surface area contributed by atoms with Gasteiger partial charge in [-0.2, -0.15) is 0 Å². The van der Waals surface area contributed by atoms with E-state index in [0.29, 0.717) is 35.4 Å². The summed E-state index contributed by atoms with van der Waals surface area (Å²) in [6.45, 7) is 0.939. The van der Waals surface area contributed by atoms with Crippen molar-refractivity contribution in [2.75, 3.05) is 6.54 Å². The van der Waals surface area contributed by atoms with Gasteiger partial charge in [0.25, 0.3) is 5.91 Å². The van der Waals surface area contributed by atoms with Crippen LogP contribution >= 0.6 is 11.6 Å². The molecule has 126 valence electrons. The van der Waals surface area contributed by atoms with Crippen molar-refractivity contribution < 1.29 is 9.53 Å². The number of hydrogen-bond acceptors (Lipinski definition) is 3. The zero-order valence-electron chi connectivity index (χ0n) is 13.4. The Morgan fingerprint density at radius 3 is 2.71 bits per heavy atom. The number of amides is 1. The molecule has 24 heavy (non-hydrogen) atoms. The molecule has 1 amide bonds. The fourth-order valence-corrected chi connectivity index (χ4v) is 2.60. The molecule has 1 unspecified atom stereocenters. The summed E-state index contributed by atoms with van der Waals surface area (Å²) in [5.74, 6) is 1.10. The summed E-state index contributed by atoms with van der Waals surface area (Å²) >= 11 is 5.87. The standard InChI is InChI=1S/C19H21ClN2O2/c20-16-8-4-13(5-9-16)12-24-17-3-1-2-15(10-17)19(23)22-11-18(21)14-6-7-14/h1-5,8-10,14,18H,6-7,11-12,21H2,(H,22,23). The average Bonchev–Trinajstić information content (AvgIpc) is 3.44. The first-order valence-electron chi connectivity index (χ1n) is 8.13. The minimum absolute atomic E-state index is 0.0540. The summed E-state index contributed by atoms with van der Waals surface area (Å²) < 4.78 is 5.75. The number of nitrogens with two attached hydrogens (primary N) is 1. The summed E-state index contributed by atoms with van der Waals surface area (Å²) in [4.78, 5) is 12.2. The molecule has 3 N–H and O–H groups in total. The highest BCUT2D eigenvalue weighted by Gasteiger charge is 2.28. The first-order chi connectivity index (χ1) is 11.6. The third kappa shape index (κ3) is 4.73. The Labute approximate surface area is 147 Å². The third-order valence-corrected chi connectivity index (χ3v) is 4.39. The number of hydrogen-bond donors (Lipinski definition) is 2. The smallest absolute Gasteiger partial charge is 0.251 e. The Kier molecular flexibility index (Phi) is 5.38. The Hall–Kier alpha value is -2.04. The van der Waals surface area contributed by atoms with Gasteiger partial charge in [-0.3, -0.25) is 4.79 Å². The molecule has 1 aliphatic rings. The molecule has 3 rings (SSSR count). The lowest BCUT2D eigenvalue weighted by molar-refractivity contribution is 0.0950. The van der Waals surface area contributed by atoms with E-state index in [4.69, 9.17) is 22.1 Å². The lowest BCUT2D eigenvalue weighted by Gasteiger charge is -2.12. The molecule has 4 nitrogen and oxygen atoms in total. The van der Waals surface area contributed by atoms with Gasteiger partial charge < -0.3 is 15.8 Å². The van der Waals surface area contributed by atoms with E-state index in [1.165, 1.54) is 12.8 Å². The van der Waals surface area contributed by atoms with Gasteiger partial charge in [-0.15, -0.1) is 0 Å². The van der Waals surface area contributed by atoms with Crippen LogP contribution in [0.1, 0.15) is 28.8 Å². The maximum atomic E-state index is 12.2. The largest absolute Gasteiger partial charge is 0.489 e. The summed E-state index contributed by atoms with van der Waals surface area (Å²) in [6, 6.07) is 14.7. The molecule has 5 heteroatoms. The molecule has 0 heterocycles. The quantitative estimate of drug-likeness (QED) is 0.809. The second-order valence-electron chi connectivity index (χ2n) is 6.15. The van der Waals surface area contributed by atoms with Crippen LogP contribution in [-0.4, -0.2) is 18.5 Å². The van der Waals surface area contributed by atoms with Gasteiger partial charge in [-0.25, -0.2) is 0 Å². The molecule has 0 spiro atoms. The normalized spacial score (nSPS) is 14.9. The SMILES string of the molecule is NC(CNC(=O)c1cccc(OCc2ccc(Cl)cc2)c1)C1CC1.